The van der Waals surface area contributed by atoms with Gasteiger partial charge in [0.05, 0.1) is 0 Å². The number of carbonyl (C=O) groups is 1. The van der Waals surface area contributed by atoms with Crippen LogP contribution in [-0.2, 0) is 0 Å². The van der Waals surface area contributed by atoms with Crippen LogP contribution < -0.4 is 0 Å². The van der Waals surface area contributed by atoms with Crippen molar-refractivity contribution in [2.75, 3.05) is 39.8 Å². The normalized spacial score (nSPS) is 33.1. The van der Waals surface area contributed by atoms with Gasteiger partial charge in [0.1, 0.15) is 0 Å². The van der Waals surface area contributed by atoms with Crippen LogP contribution in [0.2, 0.25) is 0 Å². The molecule has 0 aliphatic carbocycles. The summed E-state index contributed by atoms with van der Waals surface area (Å²) in [4.78, 5) is 19.3. The number of amides is 2. The van der Waals surface area contributed by atoms with Crippen molar-refractivity contribution in [2.24, 2.45) is 5.92 Å². The Labute approximate surface area is 116 Å². The van der Waals surface area contributed by atoms with E-state index < -0.39 is 0 Å². The number of hydrogen-bond acceptors (Lipinski definition) is 2. The van der Waals surface area contributed by atoms with E-state index in [0.29, 0.717) is 11.9 Å². The van der Waals surface area contributed by atoms with Crippen molar-refractivity contribution in [3.8, 4) is 0 Å². The Kier molecular flexibility index (Phi) is 3.96. The first-order chi connectivity index (χ1) is 9.25. The average Bonchev–Trinajstić information content (AvgIpc) is 2.47. The van der Waals surface area contributed by atoms with E-state index in [4.69, 9.17) is 0 Å². The summed E-state index contributed by atoms with van der Waals surface area (Å²) in [6, 6.07) is 1.03. The zero-order valence-electron chi connectivity index (χ0n) is 12.2. The number of urea groups is 1. The van der Waals surface area contributed by atoms with E-state index in [1.807, 2.05) is 0 Å². The van der Waals surface area contributed by atoms with Gasteiger partial charge in [-0.3, -0.25) is 0 Å². The number of piperidine rings is 3. The summed E-state index contributed by atoms with van der Waals surface area (Å²) in [5.74, 6) is 0.709. The number of nitrogens with zero attached hydrogens (tertiary/aromatic N) is 3. The molecule has 4 nitrogen and oxygen atoms in total. The molecule has 0 radical (unpaired) electrons. The second-order valence-electron chi connectivity index (χ2n) is 6.52. The fraction of sp³-hybridized carbons (Fsp3) is 0.933. The largest absolute Gasteiger partial charge is 0.325 e. The number of carbonyl (C=O) groups excluding carboxylic acids is 1. The molecule has 2 atom stereocenters. The minimum absolute atomic E-state index is 0.311. The molecule has 108 valence electrons. The molecule has 2 unspecified atom stereocenters. The van der Waals surface area contributed by atoms with E-state index in [2.05, 4.69) is 21.7 Å². The quantitative estimate of drug-likeness (QED) is 0.670. The van der Waals surface area contributed by atoms with Gasteiger partial charge in [-0.05, 0) is 58.0 Å². The van der Waals surface area contributed by atoms with E-state index in [-0.39, 0.29) is 0 Å². The van der Waals surface area contributed by atoms with E-state index >= 15 is 0 Å². The molecule has 2 amide bonds. The highest BCUT2D eigenvalue weighted by molar-refractivity contribution is 5.74. The smallest absolute Gasteiger partial charge is 0.320 e. The van der Waals surface area contributed by atoms with Crippen molar-refractivity contribution in [1.29, 1.82) is 0 Å². The molecular weight excluding hydrogens is 238 g/mol. The maximum Gasteiger partial charge on any atom is 0.320 e. The van der Waals surface area contributed by atoms with Crippen LogP contribution in [0.5, 0.6) is 0 Å². The van der Waals surface area contributed by atoms with E-state index in [1.165, 1.54) is 45.1 Å². The third-order valence-electron chi connectivity index (χ3n) is 5.24. The Hall–Kier alpha value is -0.770. The lowest BCUT2D eigenvalue weighted by Crippen LogP contribution is -2.56. The Morgan fingerprint density at radius 3 is 2.47 bits per heavy atom. The van der Waals surface area contributed by atoms with Gasteiger partial charge in [0.15, 0.2) is 0 Å². The monoisotopic (exact) mass is 265 g/mol. The predicted molar refractivity (Wildman–Crippen MR) is 76.2 cm³/mol. The number of fused-ring (bicyclic) bond motifs is 1. The molecule has 0 aromatic heterocycles. The van der Waals surface area contributed by atoms with Gasteiger partial charge in [-0.15, -0.1) is 0 Å². The molecule has 3 rings (SSSR count). The van der Waals surface area contributed by atoms with Gasteiger partial charge in [0, 0.05) is 32.2 Å². The van der Waals surface area contributed by atoms with Crippen LogP contribution in [0.4, 0.5) is 4.79 Å². The third kappa shape index (κ3) is 2.73. The fourth-order valence-electron chi connectivity index (χ4n) is 4.11. The van der Waals surface area contributed by atoms with Crippen LogP contribution in [0.25, 0.3) is 0 Å². The van der Waals surface area contributed by atoms with Gasteiger partial charge in [-0.1, -0.05) is 0 Å². The Morgan fingerprint density at radius 2 is 1.68 bits per heavy atom. The minimum Gasteiger partial charge on any atom is -0.325 e. The van der Waals surface area contributed by atoms with Crippen molar-refractivity contribution >= 4 is 6.03 Å². The lowest BCUT2D eigenvalue weighted by atomic mass is 9.84. The zero-order valence-corrected chi connectivity index (χ0v) is 12.2. The maximum absolute atomic E-state index is 12.5. The van der Waals surface area contributed by atoms with Gasteiger partial charge in [0.2, 0.25) is 0 Å². The number of hydrogen-bond donors (Lipinski definition) is 0. The number of rotatable bonds is 0. The molecule has 3 saturated heterocycles. The topological polar surface area (TPSA) is 26.8 Å². The standard InChI is InChI=1S/C15H27N3O/c1-16-8-5-6-13-12-18(11-7-14(13)16)15(19)17-9-3-2-4-10-17/h13-14H,2-12H2,1H3. The number of likely N-dealkylation sites (tertiary alicyclic amines) is 3. The molecule has 3 aliphatic heterocycles. The summed E-state index contributed by atoms with van der Waals surface area (Å²) in [5, 5.41) is 0. The van der Waals surface area contributed by atoms with Crippen LogP contribution in [0, 0.1) is 5.92 Å². The average molecular weight is 265 g/mol. The lowest BCUT2D eigenvalue weighted by Gasteiger charge is -2.47. The molecule has 0 aromatic rings. The van der Waals surface area contributed by atoms with Gasteiger partial charge >= 0.3 is 6.03 Å². The van der Waals surface area contributed by atoms with Gasteiger partial charge < -0.3 is 14.7 Å². The molecule has 0 N–H and O–H groups in total. The van der Waals surface area contributed by atoms with E-state index in [0.717, 1.165) is 32.2 Å². The van der Waals surface area contributed by atoms with Crippen molar-refractivity contribution < 1.29 is 4.79 Å². The van der Waals surface area contributed by atoms with Crippen LogP contribution in [0.15, 0.2) is 0 Å². The molecule has 19 heavy (non-hydrogen) atoms. The molecular formula is C15H27N3O. The summed E-state index contributed by atoms with van der Waals surface area (Å²) in [6.07, 6.45) is 7.44. The predicted octanol–water partition coefficient (Wildman–Crippen LogP) is 2.01. The Morgan fingerprint density at radius 1 is 0.895 bits per heavy atom. The third-order valence-corrected chi connectivity index (χ3v) is 5.24. The molecule has 3 heterocycles. The SMILES string of the molecule is CN1CCCC2CN(C(=O)N3CCCCC3)CCC21. The van der Waals surface area contributed by atoms with Crippen LogP contribution in [0.3, 0.4) is 0 Å². The first-order valence-corrected chi connectivity index (χ1v) is 8.00. The van der Waals surface area contributed by atoms with Crippen molar-refractivity contribution in [3.05, 3.63) is 0 Å². The first-order valence-electron chi connectivity index (χ1n) is 8.00. The Balaban J connectivity index is 1.59. The van der Waals surface area contributed by atoms with Crippen LogP contribution in [-0.4, -0.2) is 66.5 Å². The molecule has 0 saturated carbocycles. The molecule has 3 aliphatic rings. The molecule has 0 spiro atoms. The molecule has 0 bridgehead atoms. The fourth-order valence-corrected chi connectivity index (χ4v) is 4.11. The summed E-state index contributed by atoms with van der Waals surface area (Å²) in [5.41, 5.74) is 0. The van der Waals surface area contributed by atoms with Crippen molar-refractivity contribution in [1.82, 2.24) is 14.7 Å². The first kappa shape index (κ1) is 13.2. The molecule has 3 fully saturated rings. The molecule has 4 heteroatoms. The van der Waals surface area contributed by atoms with Gasteiger partial charge in [-0.25, -0.2) is 4.79 Å². The van der Waals surface area contributed by atoms with Gasteiger partial charge in [0.25, 0.3) is 0 Å². The highest BCUT2D eigenvalue weighted by atomic mass is 16.2. The van der Waals surface area contributed by atoms with Crippen molar-refractivity contribution in [3.63, 3.8) is 0 Å². The van der Waals surface area contributed by atoms with Crippen LogP contribution >= 0.6 is 0 Å². The second-order valence-corrected chi connectivity index (χ2v) is 6.52. The lowest BCUT2D eigenvalue weighted by molar-refractivity contribution is 0.0420. The summed E-state index contributed by atoms with van der Waals surface area (Å²) in [6.45, 7) is 5.14. The molecule has 0 aromatic carbocycles. The summed E-state index contributed by atoms with van der Waals surface area (Å²) < 4.78 is 0. The van der Waals surface area contributed by atoms with E-state index in [9.17, 15) is 4.79 Å². The summed E-state index contributed by atoms with van der Waals surface area (Å²) in [7, 11) is 2.25. The maximum atomic E-state index is 12.5. The van der Waals surface area contributed by atoms with E-state index in [1.54, 1.807) is 0 Å². The van der Waals surface area contributed by atoms with Gasteiger partial charge in [-0.2, -0.15) is 0 Å². The van der Waals surface area contributed by atoms with Crippen LogP contribution in [0.1, 0.15) is 38.5 Å². The Bertz CT molecular complexity index is 327. The highest BCUT2D eigenvalue weighted by Gasteiger charge is 2.36. The second kappa shape index (κ2) is 5.70. The minimum atomic E-state index is 0.311. The van der Waals surface area contributed by atoms with Crippen molar-refractivity contribution in [2.45, 2.75) is 44.6 Å². The zero-order chi connectivity index (χ0) is 13.2. The highest BCUT2D eigenvalue weighted by Crippen LogP contribution is 2.30. The summed E-state index contributed by atoms with van der Waals surface area (Å²) >= 11 is 0.